The zero-order valence-corrected chi connectivity index (χ0v) is 19.6. The predicted octanol–water partition coefficient (Wildman–Crippen LogP) is 9.28. The Morgan fingerprint density at radius 3 is 1.88 bits per heavy atom. The van der Waals surface area contributed by atoms with Gasteiger partial charge in [0.25, 0.3) is 0 Å². The van der Waals surface area contributed by atoms with Gasteiger partial charge >= 0.3 is 0 Å². The van der Waals surface area contributed by atoms with Crippen LogP contribution in [-0.4, -0.2) is 0 Å². The molecule has 0 heterocycles. The van der Waals surface area contributed by atoms with Crippen LogP contribution in [0.5, 0.6) is 0 Å². The topological polar surface area (TPSA) is 0 Å². The standard InChI is InChI=1S/C26H52/c1-8-12-16-21(5)24(20-25-22(6)23(25)7)17-14-13-15-19-26(10-3,11-4)18-9-2/h21-25H,8-20H2,1-7H3. The van der Waals surface area contributed by atoms with Gasteiger partial charge in [0, 0.05) is 0 Å². The molecule has 0 aromatic rings. The molecule has 26 heavy (non-hydrogen) atoms. The van der Waals surface area contributed by atoms with Crippen LogP contribution in [0.15, 0.2) is 0 Å². The first-order valence-corrected chi connectivity index (χ1v) is 12.4. The first-order valence-electron chi connectivity index (χ1n) is 12.4. The van der Waals surface area contributed by atoms with E-state index in [1.807, 2.05) is 0 Å². The van der Waals surface area contributed by atoms with E-state index < -0.39 is 0 Å². The summed E-state index contributed by atoms with van der Waals surface area (Å²) in [5, 5.41) is 0. The van der Waals surface area contributed by atoms with E-state index in [2.05, 4.69) is 48.5 Å². The van der Waals surface area contributed by atoms with Gasteiger partial charge in [0.05, 0.1) is 0 Å². The van der Waals surface area contributed by atoms with Gasteiger partial charge in [-0.3, -0.25) is 0 Å². The molecule has 1 saturated carbocycles. The molecule has 0 radical (unpaired) electrons. The van der Waals surface area contributed by atoms with Crippen molar-refractivity contribution in [3.05, 3.63) is 0 Å². The summed E-state index contributed by atoms with van der Waals surface area (Å²) in [5.74, 6) is 4.98. The van der Waals surface area contributed by atoms with Crippen molar-refractivity contribution in [2.45, 2.75) is 132 Å². The van der Waals surface area contributed by atoms with E-state index in [1.54, 1.807) is 0 Å². The van der Waals surface area contributed by atoms with E-state index in [-0.39, 0.29) is 0 Å². The van der Waals surface area contributed by atoms with Crippen LogP contribution >= 0.6 is 0 Å². The van der Waals surface area contributed by atoms with E-state index in [1.165, 1.54) is 83.5 Å². The maximum absolute atomic E-state index is 2.55. The molecule has 0 nitrogen and oxygen atoms in total. The quantitative estimate of drug-likeness (QED) is 0.239. The summed E-state index contributed by atoms with van der Waals surface area (Å²) in [6.07, 6.45) is 18.7. The molecular weight excluding hydrogens is 312 g/mol. The van der Waals surface area contributed by atoms with E-state index in [0.717, 1.165) is 29.6 Å². The molecule has 1 aliphatic carbocycles. The lowest BCUT2D eigenvalue weighted by atomic mass is 9.74. The fourth-order valence-electron chi connectivity index (χ4n) is 5.64. The zero-order chi connectivity index (χ0) is 19.6. The molecule has 0 aromatic carbocycles. The zero-order valence-electron chi connectivity index (χ0n) is 19.6. The minimum Gasteiger partial charge on any atom is -0.0654 e. The molecule has 0 amide bonds. The Morgan fingerprint density at radius 1 is 0.731 bits per heavy atom. The number of rotatable bonds is 16. The van der Waals surface area contributed by atoms with Gasteiger partial charge < -0.3 is 0 Å². The Kier molecular flexibility index (Phi) is 11.5. The summed E-state index contributed by atoms with van der Waals surface area (Å²) in [6, 6.07) is 0. The molecule has 1 fully saturated rings. The number of hydrogen-bond acceptors (Lipinski definition) is 0. The molecule has 0 bridgehead atoms. The van der Waals surface area contributed by atoms with Crippen molar-refractivity contribution in [3.8, 4) is 0 Å². The fraction of sp³-hybridized carbons (Fsp3) is 1.00. The summed E-state index contributed by atoms with van der Waals surface area (Å²) < 4.78 is 0. The van der Waals surface area contributed by atoms with Crippen molar-refractivity contribution >= 4 is 0 Å². The molecule has 0 spiro atoms. The smallest absolute Gasteiger partial charge is 0.0303 e. The Balaban J connectivity index is 2.38. The van der Waals surface area contributed by atoms with Crippen LogP contribution in [0.4, 0.5) is 0 Å². The highest BCUT2D eigenvalue weighted by atomic mass is 14.5. The predicted molar refractivity (Wildman–Crippen MR) is 120 cm³/mol. The van der Waals surface area contributed by atoms with Crippen LogP contribution in [0, 0.1) is 35.0 Å². The van der Waals surface area contributed by atoms with Crippen LogP contribution in [0.2, 0.25) is 0 Å². The maximum atomic E-state index is 2.55. The van der Waals surface area contributed by atoms with Crippen molar-refractivity contribution in [1.82, 2.24) is 0 Å². The van der Waals surface area contributed by atoms with Crippen molar-refractivity contribution in [3.63, 3.8) is 0 Å². The van der Waals surface area contributed by atoms with E-state index in [0.29, 0.717) is 5.41 Å². The summed E-state index contributed by atoms with van der Waals surface area (Å²) in [7, 11) is 0. The van der Waals surface area contributed by atoms with Crippen LogP contribution < -0.4 is 0 Å². The highest BCUT2D eigenvalue weighted by Gasteiger charge is 2.43. The second-order valence-electron chi connectivity index (χ2n) is 10.1. The minimum absolute atomic E-state index is 0.654. The average Bonchev–Trinajstić information content (AvgIpc) is 3.22. The lowest BCUT2D eigenvalue weighted by Crippen LogP contribution is -2.18. The van der Waals surface area contributed by atoms with Gasteiger partial charge in [0.15, 0.2) is 0 Å². The molecule has 0 aromatic heterocycles. The van der Waals surface area contributed by atoms with Crippen LogP contribution in [0.25, 0.3) is 0 Å². The lowest BCUT2D eigenvalue weighted by molar-refractivity contribution is 0.205. The molecular formula is C26H52. The van der Waals surface area contributed by atoms with Gasteiger partial charge in [-0.1, -0.05) is 113 Å². The highest BCUT2D eigenvalue weighted by Crippen LogP contribution is 2.51. The lowest BCUT2D eigenvalue weighted by Gasteiger charge is -2.32. The van der Waals surface area contributed by atoms with Crippen LogP contribution in [0.1, 0.15) is 132 Å². The molecule has 4 atom stereocenters. The molecule has 0 aliphatic heterocycles. The van der Waals surface area contributed by atoms with Gasteiger partial charge in [-0.2, -0.15) is 0 Å². The van der Waals surface area contributed by atoms with Crippen molar-refractivity contribution in [1.29, 1.82) is 0 Å². The Bertz CT molecular complexity index is 332. The third-order valence-electron chi connectivity index (χ3n) is 8.49. The molecule has 4 unspecified atom stereocenters. The Hall–Kier alpha value is 0. The number of unbranched alkanes of at least 4 members (excludes halogenated alkanes) is 3. The molecule has 0 heteroatoms. The van der Waals surface area contributed by atoms with Crippen LogP contribution in [0.3, 0.4) is 0 Å². The van der Waals surface area contributed by atoms with Gasteiger partial charge in [-0.15, -0.1) is 0 Å². The third-order valence-corrected chi connectivity index (χ3v) is 8.49. The van der Waals surface area contributed by atoms with Crippen molar-refractivity contribution in [2.75, 3.05) is 0 Å². The number of hydrogen-bond donors (Lipinski definition) is 0. The molecule has 156 valence electrons. The largest absolute Gasteiger partial charge is 0.0654 e. The normalized spacial score (nSPS) is 25.3. The van der Waals surface area contributed by atoms with Crippen molar-refractivity contribution in [2.24, 2.45) is 35.0 Å². The highest BCUT2D eigenvalue weighted by molar-refractivity contribution is 4.92. The fourth-order valence-corrected chi connectivity index (χ4v) is 5.64. The summed E-state index contributed by atoms with van der Waals surface area (Å²) in [5.41, 5.74) is 0.654. The minimum atomic E-state index is 0.654. The van der Waals surface area contributed by atoms with Crippen molar-refractivity contribution < 1.29 is 0 Å². The monoisotopic (exact) mass is 364 g/mol. The van der Waals surface area contributed by atoms with Gasteiger partial charge in [0.1, 0.15) is 0 Å². The second-order valence-corrected chi connectivity index (χ2v) is 10.1. The first-order chi connectivity index (χ1) is 12.4. The van der Waals surface area contributed by atoms with E-state index in [9.17, 15) is 0 Å². The maximum Gasteiger partial charge on any atom is -0.0303 e. The molecule has 0 saturated heterocycles. The van der Waals surface area contributed by atoms with Gasteiger partial charge in [-0.05, 0) is 54.3 Å². The summed E-state index contributed by atoms with van der Waals surface area (Å²) in [4.78, 5) is 0. The average molecular weight is 365 g/mol. The second kappa shape index (κ2) is 12.5. The first kappa shape index (κ1) is 24.0. The Morgan fingerprint density at radius 2 is 1.38 bits per heavy atom. The van der Waals surface area contributed by atoms with Crippen LogP contribution in [-0.2, 0) is 0 Å². The SMILES string of the molecule is CCCCC(C)C(CCCCCC(CC)(CC)CCC)CC1C(C)C1C. The summed E-state index contributed by atoms with van der Waals surface area (Å²) in [6.45, 7) is 17.1. The summed E-state index contributed by atoms with van der Waals surface area (Å²) >= 11 is 0. The van der Waals surface area contributed by atoms with Gasteiger partial charge in [-0.25, -0.2) is 0 Å². The van der Waals surface area contributed by atoms with Gasteiger partial charge in [0.2, 0.25) is 0 Å². The van der Waals surface area contributed by atoms with E-state index in [4.69, 9.17) is 0 Å². The molecule has 0 N–H and O–H groups in total. The third kappa shape index (κ3) is 7.55. The molecule has 1 aliphatic rings. The van der Waals surface area contributed by atoms with E-state index >= 15 is 0 Å². The Labute approximate surface area is 167 Å². The molecule has 1 rings (SSSR count).